The van der Waals surface area contributed by atoms with Gasteiger partial charge >= 0.3 is 0 Å². The number of aromatic nitrogens is 5. The molecule has 0 aliphatic carbocycles. The average molecular weight is 243 g/mol. The minimum atomic E-state index is 0.749. The lowest BCUT2D eigenvalue weighted by Gasteiger charge is -2.03. The van der Waals surface area contributed by atoms with Gasteiger partial charge in [-0.2, -0.15) is 0 Å². The van der Waals surface area contributed by atoms with E-state index in [4.69, 9.17) is 0 Å². The molecular weight excluding hydrogens is 234 g/mol. The molecule has 0 atom stereocenters. The van der Waals surface area contributed by atoms with Crippen molar-refractivity contribution in [3.8, 4) is 5.82 Å². The third kappa shape index (κ3) is 1.76. The van der Waals surface area contributed by atoms with Gasteiger partial charge in [0.25, 0.3) is 0 Å². The van der Waals surface area contributed by atoms with Gasteiger partial charge in [0, 0.05) is 12.4 Å². The lowest BCUT2D eigenvalue weighted by Crippen LogP contribution is -1.97. The highest BCUT2D eigenvalue weighted by Crippen LogP contribution is 2.16. The van der Waals surface area contributed by atoms with E-state index in [-0.39, 0.29) is 0 Å². The molecule has 84 valence electrons. The summed E-state index contributed by atoms with van der Waals surface area (Å²) in [6.45, 7) is 0. The van der Waals surface area contributed by atoms with Gasteiger partial charge in [0.1, 0.15) is 17.7 Å². The molecule has 0 fully saturated rings. The Morgan fingerprint density at radius 2 is 2.12 bits per heavy atom. The zero-order chi connectivity index (χ0) is 11.7. The maximum Gasteiger partial charge on any atom is 0.189 e. The molecule has 6 heteroatoms. The van der Waals surface area contributed by atoms with Crippen LogP contribution in [0.4, 0.5) is 0 Å². The molecule has 0 aromatic carbocycles. The number of pyridine rings is 1. The van der Waals surface area contributed by atoms with Crippen LogP contribution >= 0.6 is 11.8 Å². The van der Waals surface area contributed by atoms with Gasteiger partial charge in [-0.05, 0) is 18.4 Å². The van der Waals surface area contributed by atoms with Crippen molar-refractivity contribution < 1.29 is 0 Å². The molecule has 17 heavy (non-hydrogen) atoms. The first-order valence-electron chi connectivity index (χ1n) is 5.03. The van der Waals surface area contributed by atoms with Crippen LogP contribution in [0.25, 0.3) is 16.9 Å². The second-order valence-corrected chi connectivity index (χ2v) is 4.15. The Labute approximate surface area is 102 Å². The van der Waals surface area contributed by atoms with Gasteiger partial charge in [-0.1, -0.05) is 11.8 Å². The van der Waals surface area contributed by atoms with E-state index in [1.54, 1.807) is 24.9 Å². The van der Waals surface area contributed by atoms with Crippen LogP contribution in [-0.4, -0.2) is 30.8 Å². The Morgan fingerprint density at radius 1 is 1.18 bits per heavy atom. The molecule has 3 rings (SSSR count). The number of nitrogens with zero attached hydrogens (tertiary/aromatic N) is 5. The van der Waals surface area contributed by atoms with E-state index in [1.165, 1.54) is 11.8 Å². The van der Waals surface area contributed by atoms with Crippen molar-refractivity contribution in [1.29, 1.82) is 0 Å². The summed E-state index contributed by atoms with van der Waals surface area (Å²) in [5.74, 6) is 0.818. The lowest BCUT2D eigenvalue weighted by molar-refractivity contribution is 0.902. The Hall–Kier alpha value is -1.95. The van der Waals surface area contributed by atoms with Gasteiger partial charge in [-0.3, -0.25) is 9.55 Å². The fraction of sp³-hybridized carbons (Fsp3) is 0.0909. The van der Waals surface area contributed by atoms with Crippen LogP contribution in [-0.2, 0) is 0 Å². The predicted molar refractivity (Wildman–Crippen MR) is 66.2 cm³/mol. The Balaban J connectivity index is 2.20. The first kappa shape index (κ1) is 10.2. The zero-order valence-corrected chi connectivity index (χ0v) is 9.92. The maximum atomic E-state index is 4.44. The molecular formula is C11H9N5S. The van der Waals surface area contributed by atoms with Gasteiger partial charge < -0.3 is 0 Å². The Bertz CT molecular complexity index is 664. The van der Waals surface area contributed by atoms with Crippen molar-refractivity contribution in [2.24, 2.45) is 0 Å². The van der Waals surface area contributed by atoms with E-state index >= 15 is 0 Å². The molecule has 0 N–H and O–H groups in total. The molecule has 0 aliphatic heterocycles. The maximum absolute atomic E-state index is 4.44. The summed E-state index contributed by atoms with van der Waals surface area (Å²) in [6.07, 6.45) is 8.94. The molecule has 3 heterocycles. The van der Waals surface area contributed by atoms with Crippen molar-refractivity contribution in [3.63, 3.8) is 0 Å². The second kappa shape index (κ2) is 4.14. The minimum Gasteiger partial charge on any atom is -0.283 e. The van der Waals surface area contributed by atoms with Crippen LogP contribution in [0, 0.1) is 0 Å². The van der Waals surface area contributed by atoms with E-state index in [1.807, 2.05) is 23.0 Å². The third-order valence-corrected chi connectivity index (χ3v) is 2.96. The van der Waals surface area contributed by atoms with E-state index in [9.17, 15) is 0 Å². The Morgan fingerprint density at radius 3 is 3.00 bits per heavy atom. The molecule has 0 bridgehead atoms. The molecule has 0 saturated carbocycles. The fourth-order valence-corrected chi connectivity index (χ4v) is 1.96. The van der Waals surface area contributed by atoms with Crippen molar-refractivity contribution in [2.45, 2.75) is 5.16 Å². The van der Waals surface area contributed by atoms with Crippen LogP contribution in [0.2, 0.25) is 0 Å². The zero-order valence-electron chi connectivity index (χ0n) is 9.11. The number of thioether (sulfide) groups is 1. The monoisotopic (exact) mass is 243 g/mol. The van der Waals surface area contributed by atoms with Gasteiger partial charge in [-0.25, -0.2) is 15.0 Å². The van der Waals surface area contributed by atoms with Crippen molar-refractivity contribution in [2.75, 3.05) is 6.26 Å². The van der Waals surface area contributed by atoms with Gasteiger partial charge in [0.05, 0.1) is 11.7 Å². The molecule has 0 radical (unpaired) electrons. The largest absolute Gasteiger partial charge is 0.283 e. The summed E-state index contributed by atoms with van der Waals surface area (Å²) in [5, 5.41) is 0.749. The molecule has 5 nitrogen and oxygen atoms in total. The number of hydrogen-bond donors (Lipinski definition) is 0. The summed E-state index contributed by atoms with van der Waals surface area (Å²) >= 11 is 1.52. The van der Waals surface area contributed by atoms with Crippen LogP contribution in [0.5, 0.6) is 0 Å². The van der Waals surface area contributed by atoms with Crippen LogP contribution in [0.3, 0.4) is 0 Å². The quantitative estimate of drug-likeness (QED) is 0.508. The first-order chi connectivity index (χ1) is 8.38. The summed E-state index contributed by atoms with van der Waals surface area (Å²) in [4.78, 5) is 16.9. The fourth-order valence-electron chi connectivity index (χ4n) is 1.61. The van der Waals surface area contributed by atoms with Gasteiger partial charge in [-0.15, -0.1) is 0 Å². The van der Waals surface area contributed by atoms with Crippen LogP contribution in [0.15, 0.2) is 42.2 Å². The van der Waals surface area contributed by atoms with Crippen LogP contribution < -0.4 is 0 Å². The molecule has 0 amide bonds. The number of imidazole rings is 1. The van der Waals surface area contributed by atoms with Crippen molar-refractivity contribution in [3.05, 3.63) is 37.1 Å². The normalized spacial score (nSPS) is 10.9. The van der Waals surface area contributed by atoms with Gasteiger partial charge in [0.15, 0.2) is 5.16 Å². The topological polar surface area (TPSA) is 56.5 Å². The summed E-state index contributed by atoms with van der Waals surface area (Å²) in [5.41, 5.74) is 1.85. The molecule has 0 saturated heterocycles. The van der Waals surface area contributed by atoms with E-state index in [2.05, 4.69) is 19.9 Å². The minimum absolute atomic E-state index is 0.749. The highest BCUT2D eigenvalue weighted by molar-refractivity contribution is 7.98. The van der Waals surface area contributed by atoms with E-state index in [0.29, 0.717) is 0 Å². The van der Waals surface area contributed by atoms with E-state index in [0.717, 1.165) is 22.0 Å². The smallest absolute Gasteiger partial charge is 0.189 e. The third-order valence-electron chi connectivity index (χ3n) is 2.40. The number of hydrogen-bond acceptors (Lipinski definition) is 5. The highest BCUT2D eigenvalue weighted by Gasteiger charge is 2.06. The molecule has 3 aromatic rings. The highest BCUT2D eigenvalue weighted by atomic mass is 32.2. The standard InChI is InChI=1S/C11H9N5S/c1-17-11-13-5-3-10(15-11)16-7-14-8-6-12-4-2-9(8)16/h2-7H,1H3. The van der Waals surface area contributed by atoms with Gasteiger partial charge in [0.2, 0.25) is 0 Å². The summed E-state index contributed by atoms with van der Waals surface area (Å²) in [7, 11) is 0. The summed E-state index contributed by atoms with van der Waals surface area (Å²) in [6, 6.07) is 3.78. The average Bonchev–Trinajstić information content (AvgIpc) is 2.82. The first-order valence-corrected chi connectivity index (χ1v) is 6.25. The number of rotatable bonds is 2. The number of fused-ring (bicyclic) bond motifs is 1. The Kier molecular flexibility index (Phi) is 2.49. The molecule has 0 unspecified atom stereocenters. The summed E-state index contributed by atoms with van der Waals surface area (Å²) < 4.78 is 1.93. The second-order valence-electron chi connectivity index (χ2n) is 3.38. The predicted octanol–water partition coefficient (Wildman–Crippen LogP) is 1.93. The molecule has 3 aromatic heterocycles. The van der Waals surface area contributed by atoms with Crippen molar-refractivity contribution >= 4 is 22.8 Å². The molecule has 0 spiro atoms. The van der Waals surface area contributed by atoms with Crippen LogP contribution in [0.1, 0.15) is 0 Å². The molecule has 0 aliphatic rings. The van der Waals surface area contributed by atoms with E-state index < -0.39 is 0 Å². The lowest BCUT2D eigenvalue weighted by atomic mass is 10.4. The SMILES string of the molecule is CSc1nccc(-n2cnc3cnccc32)n1. The van der Waals surface area contributed by atoms with Crippen molar-refractivity contribution in [1.82, 2.24) is 24.5 Å².